The molecule has 2 aliphatic rings. The summed E-state index contributed by atoms with van der Waals surface area (Å²) < 4.78 is 71.9. The molecule has 1 amide bonds. The van der Waals surface area contributed by atoms with Crippen molar-refractivity contribution in [2.75, 3.05) is 38.0 Å². The number of hydrogen-bond donors (Lipinski definition) is 2. The molecule has 5 rings (SSSR count). The molecule has 11 nitrogen and oxygen atoms in total. The van der Waals surface area contributed by atoms with Gasteiger partial charge in [-0.3, -0.25) is 9.36 Å². The van der Waals surface area contributed by atoms with E-state index in [1.54, 1.807) is 45.2 Å². The molecule has 1 saturated carbocycles. The summed E-state index contributed by atoms with van der Waals surface area (Å²) >= 11 is 0. The second kappa shape index (κ2) is 14.5. The molecule has 0 atom stereocenters. The van der Waals surface area contributed by atoms with Gasteiger partial charge in [-0.05, 0) is 80.3 Å². The van der Waals surface area contributed by atoms with Crippen LogP contribution in [-0.4, -0.2) is 48.1 Å². The number of anilines is 4. The van der Waals surface area contributed by atoms with Crippen LogP contribution in [0.2, 0.25) is 0 Å². The van der Waals surface area contributed by atoms with E-state index in [2.05, 4.69) is 26.7 Å². The Kier molecular flexibility index (Phi) is 10.6. The van der Waals surface area contributed by atoms with Gasteiger partial charge >= 0.3 is 13.8 Å². The molecule has 0 bridgehead atoms. The number of hydrogen-bond acceptors (Lipinski definition) is 10. The zero-order valence-electron chi connectivity index (χ0n) is 27.2. The van der Waals surface area contributed by atoms with Crippen LogP contribution in [0, 0.1) is 17.2 Å². The van der Waals surface area contributed by atoms with Gasteiger partial charge in [0.1, 0.15) is 17.1 Å². The number of rotatable bonds is 12. The zero-order chi connectivity index (χ0) is 34.6. The summed E-state index contributed by atoms with van der Waals surface area (Å²) in [6.07, 6.45) is -0.989. The predicted molar refractivity (Wildman–Crippen MR) is 174 cm³/mol. The van der Waals surface area contributed by atoms with Gasteiger partial charge in [0.25, 0.3) is 5.91 Å². The maximum atomic E-state index is 14.2. The lowest BCUT2D eigenvalue weighted by Crippen LogP contribution is -2.18. The third-order valence-electron chi connectivity index (χ3n) is 8.54. The molecule has 1 fully saturated rings. The summed E-state index contributed by atoms with van der Waals surface area (Å²) in [7, 11) is -0.325. The Hall–Kier alpha value is -4.18. The molecule has 256 valence electrons. The molecule has 0 spiro atoms. The minimum absolute atomic E-state index is 0.00563. The van der Waals surface area contributed by atoms with Gasteiger partial charge < -0.3 is 29.3 Å². The summed E-state index contributed by atoms with van der Waals surface area (Å²) in [4.78, 5) is 23.0. The number of aromatic nitrogens is 2. The lowest BCUT2D eigenvalue weighted by Gasteiger charge is -2.27. The number of methoxy groups -OCH3 is 1. The number of carbonyl (C=O) groups excluding carboxylic acids is 1. The van der Waals surface area contributed by atoms with Crippen molar-refractivity contribution >= 4 is 36.6 Å². The molecular formula is C33H38F3N6O5P. The summed E-state index contributed by atoms with van der Waals surface area (Å²) in [6.45, 7) is 4.18. The van der Waals surface area contributed by atoms with E-state index in [0.29, 0.717) is 35.3 Å². The summed E-state index contributed by atoms with van der Waals surface area (Å²) in [5.41, 5.74) is 2.12. The highest BCUT2D eigenvalue weighted by molar-refractivity contribution is 7.53. The Labute approximate surface area is 277 Å². The lowest BCUT2D eigenvalue weighted by atomic mass is 9.77. The largest absolute Gasteiger partial charge is 0.495 e. The lowest BCUT2D eigenvalue weighted by molar-refractivity contribution is -0.137. The van der Waals surface area contributed by atoms with Crippen molar-refractivity contribution in [2.45, 2.75) is 64.3 Å². The third kappa shape index (κ3) is 7.59. The molecule has 2 aromatic carbocycles. The highest BCUT2D eigenvalue weighted by Gasteiger charge is 2.37. The summed E-state index contributed by atoms with van der Waals surface area (Å²) in [6, 6.07) is 10.7. The molecule has 1 aromatic heterocycles. The second-order valence-electron chi connectivity index (χ2n) is 11.7. The zero-order valence-corrected chi connectivity index (χ0v) is 28.1. The van der Waals surface area contributed by atoms with Gasteiger partial charge in [-0.25, -0.2) is 4.98 Å². The first-order valence-corrected chi connectivity index (χ1v) is 17.5. The number of nitrogens with one attached hydrogen (secondary N) is 2. The van der Waals surface area contributed by atoms with Gasteiger partial charge in [0.15, 0.2) is 0 Å². The van der Waals surface area contributed by atoms with E-state index in [1.807, 2.05) is 6.07 Å². The number of fused-ring (bicyclic) bond motifs is 1. The fourth-order valence-electron chi connectivity index (χ4n) is 6.27. The molecule has 48 heavy (non-hydrogen) atoms. The van der Waals surface area contributed by atoms with E-state index in [-0.39, 0.29) is 48.8 Å². The van der Waals surface area contributed by atoms with Crippen molar-refractivity contribution in [1.82, 2.24) is 14.9 Å². The van der Waals surface area contributed by atoms with Crippen LogP contribution in [0.4, 0.5) is 36.3 Å². The van der Waals surface area contributed by atoms with E-state index in [1.165, 1.54) is 12.0 Å². The van der Waals surface area contributed by atoms with Crippen molar-refractivity contribution in [2.24, 2.45) is 5.92 Å². The molecular weight excluding hydrogens is 648 g/mol. The van der Waals surface area contributed by atoms with Crippen LogP contribution in [0.1, 0.15) is 78.1 Å². The van der Waals surface area contributed by atoms with Crippen LogP contribution >= 0.6 is 7.60 Å². The minimum atomic E-state index is -4.79. The Balaban J connectivity index is 1.46. The van der Waals surface area contributed by atoms with E-state index in [0.717, 1.165) is 36.8 Å². The molecule has 0 radical (unpaired) electrons. The number of halogens is 3. The van der Waals surface area contributed by atoms with Gasteiger partial charge in [-0.2, -0.15) is 23.4 Å². The van der Waals surface area contributed by atoms with Crippen LogP contribution < -0.4 is 15.4 Å². The van der Waals surface area contributed by atoms with Crippen LogP contribution in [0.5, 0.6) is 5.75 Å². The maximum Gasteiger partial charge on any atom is 0.421 e. The van der Waals surface area contributed by atoms with E-state index in [9.17, 15) is 27.8 Å². The highest BCUT2D eigenvalue weighted by atomic mass is 31.2. The average molecular weight is 687 g/mol. The number of alkyl halides is 3. The van der Waals surface area contributed by atoms with Crippen molar-refractivity contribution in [3.63, 3.8) is 0 Å². The quantitative estimate of drug-likeness (QED) is 0.180. The number of benzene rings is 2. The predicted octanol–water partition coefficient (Wildman–Crippen LogP) is 8.14. The molecule has 1 aliphatic carbocycles. The first kappa shape index (κ1) is 35.1. The number of carbonyl (C=O) groups is 1. The van der Waals surface area contributed by atoms with Crippen molar-refractivity contribution in [3.8, 4) is 11.8 Å². The first-order valence-electron chi connectivity index (χ1n) is 15.7. The van der Waals surface area contributed by atoms with Crippen LogP contribution in [0.15, 0.2) is 36.5 Å². The molecule has 3 aromatic rings. The van der Waals surface area contributed by atoms with Crippen LogP contribution in [-0.2, 0) is 32.5 Å². The number of nitrogens with zero attached hydrogens (tertiary/aromatic N) is 4. The van der Waals surface area contributed by atoms with Crippen molar-refractivity contribution in [1.29, 1.82) is 5.26 Å². The highest BCUT2D eigenvalue weighted by Crippen LogP contribution is 2.52. The molecule has 2 N–H and O–H groups in total. The monoisotopic (exact) mass is 686 g/mol. The number of ether oxygens (including phenoxy) is 1. The first-order chi connectivity index (χ1) is 22.9. The molecule has 15 heteroatoms. The molecule has 1 aliphatic heterocycles. The minimum Gasteiger partial charge on any atom is -0.495 e. The van der Waals surface area contributed by atoms with E-state index in [4.69, 9.17) is 13.8 Å². The Bertz CT molecular complexity index is 1750. The molecule has 0 saturated heterocycles. The number of amides is 1. The number of nitriles is 1. The summed E-state index contributed by atoms with van der Waals surface area (Å²) in [5, 5.41) is 15.0. The normalized spacial score (nSPS) is 18.0. The third-order valence-corrected chi connectivity index (χ3v) is 10.6. The molecule has 2 heterocycles. The standard InChI is InChI=1S/C33H38F3N6O5P/c1-5-46-48(44,47-6-2)19-21-9-13-26(28(15-21)45-4)40-32-38-17-25(33(34,35)36)30(41-32)39-27-14-12-23(22-10-7-20(16-37)8-11-22)24-18-42(3)31(43)29(24)27/h9,12-15,17,20,22H,5-8,10-11,18-19H2,1-4H3,(H2,38,39,40,41). The average Bonchev–Trinajstić information content (AvgIpc) is 3.35. The van der Waals surface area contributed by atoms with Gasteiger partial charge in [0.05, 0.1) is 49.5 Å². The SMILES string of the molecule is CCOP(=O)(Cc1ccc(Nc2ncc(C(F)(F)F)c(Nc3ccc(C4CCC(C#N)CC4)c4c3C(=O)N(C)C4)n2)c(OC)c1)OCC. The Morgan fingerprint density at radius 1 is 1.06 bits per heavy atom. The fourth-order valence-corrected chi connectivity index (χ4v) is 7.96. The van der Waals surface area contributed by atoms with Crippen LogP contribution in [0.25, 0.3) is 0 Å². The Morgan fingerprint density at radius 2 is 1.75 bits per heavy atom. The summed E-state index contributed by atoms with van der Waals surface area (Å²) in [5.74, 6) is -0.518. The molecule has 0 unspecified atom stereocenters. The van der Waals surface area contributed by atoms with Gasteiger partial charge in [0.2, 0.25) is 5.95 Å². The van der Waals surface area contributed by atoms with Crippen molar-refractivity contribution < 1.29 is 36.3 Å². The van der Waals surface area contributed by atoms with Gasteiger partial charge in [-0.1, -0.05) is 12.1 Å². The topological polar surface area (TPSA) is 139 Å². The van der Waals surface area contributed by atoms with Gasteiger partial charge in [0, 0.05) is 25.7 Å². The fraction of sp³-hybridized carbons (Fsp3) is 0.455. The second-order valence-corrected chi connectivity index (χ2v) is 13.8. The van der Waals surface area contributed by atoms with E-state index >= 15 is 0 Å². The van der Waals surface area contributed by atoms with E-state index < -0.39 is 25.2 Å². The Morgan fingerprint density at radius 3 is 2.38 bits per heavy atom. The smallest absolute Gasteiger partial charge is 0.421 e. The maximum absolute atomic E-state index is 14.2. The van der Waals surface area contributed by atoms with Crippen LogP contribution in [0.3, 0.4) is 0 Å². The van der Waals surface area contributed by atoms with Gasteiger partial charge in [-0.15, -0.1) is 0 Å². The van der Waals surface area contributed by atoms with Crippen molar-refractivity contribution in [3.05, 3.63) is 64.3 Å².